The molecule has 1 N–H and O–H groups in total. The van der Waals surface area contributed by atoms with Crippen LogP contribution >= 0.6 is 0 Å². The first-order valence-corrected chi connectivity index (χ1v) is 5.59. The van der Waals surface area contributed by atoms with Crippen molar-refractivity contribution in [1.82, 2.24) is 0 Å². The van der Waals surface area contributed by atoms with Crippen LogP contribution in [0.4, 0.5) is 15.8 Å². The van der Waals surface area contributed by atoms with E-state index in [1.807, 2.05) is 0 Å². The predicted molar refractivity (Wildman–Crippen MR) is 67.4 cm³/mol. The highest BCUT2D eigenvalue weighted by atomic mass is 19.1. The standard InChI is InChI=1S/C12H15FN2O4/c1-12(2,3)19-11(16)7-14-9-5-4-8(13)6-10(9)15(17)18/h4-6,14H,7H2,1-3H3. The molecular weight excluding hydrogens is 255 g/mol. The van der Waals surface area contributed by atoms with E-state index in [4.69, 9.17) is 4.74 Å². The molecule has 0 aromatic heterocycles. The number of ether oxygens (including phenoxy) is 1. The van der Waals surface area contributed by atoms with E-state index in [2.05, 4.69) is 5.32 Å². The second-order valence-electron chi connectivity index (χ2n) is 4.86. The van der Waals surface area contributed by atoms with Crippen molar-refractivity contribution in [2.45, 2.75) is 26.4 Å². The van der Waals surface area contributed by atoms with Crippen LogP contribution in [0.2, 0.25) is 0 Å². The minimum absolute atomic E-state index is 0.0669. The Kier molecular flexibility index (Phi) is 4.42. The van der Waals surface area contributed by atoms with Crippen molar-refractivity contribution >= 4 is 17.3 Å². The van der Waals surface area contributed by atoms with E-state index in [-0.39, 0.29) is 12.2 Å². The number of nitrogens with zero attached hydrogens (tertiary/aromatic N) is 1. The molecule has 104 valence electrons. The molecule has 0 atom stereocenters. The van der Waals surface area contributed by atoms with Gasteiger partial charge in [-0.15, -0.1) is 0 Å². The molecule has 19 heavy (non-hydrogen) atoms. The van der Waals surface area contributed by atoms with Crippen molar-refractivity contribution in [2.24, 2.45) is 0 Å². The van der Waals surface area contributed by atoms with Crippen LogP contribution < -0.4 is 5.32 Å². The minimum atomic E-state index is -0.722. The molecule has 1 aromatic rings. The third kappa shape index (κ3) is 4.90. The second kappa shape index (κ2) is 5.64. The highest BCUT2D eigenvalue weighted by Crippen LogP contribution is 2.24. The number of hydrogen-bond acceptors (Lipinski definition) is 5. The van der Waals surface area contributed by atoms with Crippen molar-refractivity contribution in [3.05, 3.63) is 34.1 Å². The highest BCUT2D eigenvalue weighted by molar-refractivity contribution is 5.77. The normalized spacial score (nSPS) is 10.9. The van der Waals surface area contributed by atoms with Gasteiger partial charge in [-0.25, -0.2) is 4.39 Å². The third-order valence-electron chi connectivity index (χ3n) is 2.00. The lowest BCUT2D eigenvalue weighted by atomic mass is 10.2. The molecule has 0 aliphatic heterocycles. The lowest BCUT2D eigenvalue weighted by Gasteiger charge is -2.19. The van der Waals surface area contributed by atoms with Gasteiger partial charge in [0.1, 0.15) is 23.7 Å². The number of halogens is 1. The number of hydrogen-bond donors (Lipinski definition) is 1. The molecular formula is C12H15FN2O4. The maximum atomic E-state index is 12.9. The van der Waals surface area contributed by atoms with E-state index in [0.717, 1.165) is 12.1 Å². The average Bonchev–Trinajstić information content (AvgIpc) is 2.24. The Morgan fingerprint density at radius 3 is 2.63 bits per heavy atom. The molecule has 1 aromatic carbocycles. The summed E-state index contributed by atoms with van der Waals surface area (Å²) in [6.07, 6.45) is 0. The molecule has 0 fully saturated rings. The van der Waals surface area contributed by atoms with Gasteiger partial charge in [0.2, 0.25) is 0 Å². The number of nitro groups is 1. The fraction of sp³-hybridized carbons (Fsp3) is 0.417. The Labute approximate surface area is 109 Å². The summed E-state index contributed by atoms with van der Waals surface area (Å²) in [5.74, 6) is -1.26. The zero-order chi connectivity index (χ0) is 14.6. The van der Waals surface area contributed by atoms with Crippen molar-refractivity contribution in [1.29, 1.82) is 0 Å². The fourth-order valence-electron chi connectivity index (χ4n) is 1.35. The molecule has 0 bridgehead atoms. The van der Waals surface area contributed by atoms with Crippen molar-refractivity contribution in [3.8, 4) is 0 Å². The molecule has 1 rings (SSSR count). The highest BCUT2D eigenvalue weighted by Gasteiger charge is 2.18. The molecule has 7 heteroatoms. The van der Waals surface area contributed by atoms with Gasteiger partial charge in [0.15, 0.2) is 0 Å². The number of nitrogens with one attached hydrogen (secondary N) is 1. The Bertz CT molecular complexity index is 497. The summed E-state index contributed by atoms with van der Waals surface area (Å²) in [5, 5.41) is 13.3. The van der Waals surface area contributed by atoms with Gasteiger partial charge in [-0.2, -0.15) is 0 Å². The third-order valence-corrected chi connectivity index (χ3v) is 2.00. The number of nitro benzene ring substituents is 1. The van der Waals surface area contributed by atoms with Gasteiger partial charge in [-0.3, -0.25) is 14.9 Å². The van der Waals surface area contributed by atoms with E-state index in [9.17, 15) is 19.3 Å². The van der Waals surface area contributed by atoms with Crippen LogP contribution in [0.15, 0.2) is 18.2 Å². The summed E-state index contributed by atoms with van der Waals surface area (Å²) in [7, 11) is 0. The lowest BCUT2D eigenvalue weighted by Crippen LogP contribution is -2.28. The van der Waals surface area contributed by atoms with Gasteiger partial charge >= 0.3 is 5.97 Å². The number of esters is 1. The first kappa shape index (κ1) is 14.9. The minimum Gasteiger partial charge on any atom is -0.459 e. The number of carbonyl (C=O) groups excluding carboxylic acids is 1. The molecule has 0 heterocycles. The van der Waals surface area contributed by atoms with E-state index >= 15 is 0 Å². The van der Waals surface area contributed by atoms with Crippen LogP contribution in [0.5, 0.6) is 0 Å². The largest absolute Gasteiger partial charge is 0.459 e. The van der Waals surface area contributed by atoms with E-state index < -0.39 is 28.0 Å². The predicted octanol–water partition coefficient (Wildman–Crippen LogP) is 2.49. The molecule has 0 amide bonds. The van der Waals surface area contributed by atoms with Crippen LogP contribution in [0, 0.1) is 15.9 Å². The smallest absolute Gasteiger partial charge is 0.325 e. The summed E-state index contributed by atoms with van der Waals surface area (Å²) in [6.45, 7) is 4.91. The van der Waals surface area contributed by atoms with Crippen molar-refractivity contribution in [3.63, 3.8) is 0 Å². The Morgan fingerprint density at radius 2 is 2.11 bits per heavy atom. The molecule has 6 nitrogen and oxygen atoms in total. The van der Waals surface area contributed by atoms with Crippen molar-refractivity contribution in [2.75, 3.05) is 11.9 Å². The Hall–Kier alpha value is -2.18. The molecule has 0 radical (unpaired) electrons. The molecule has 0 aliphatic rings. The van der Waals surface area contributed by atoms with Crippen LogP contribution in [-0.4, -0.2) is 23.0 Å². The number of benzene rings is 1. The summed E-state index contributed by atoms with van der Waals surface area (Å²) in [6, 6.07) is 3.07. The average molecular weight is 270 g/mol. The van der Waals surface area contributed by atoms with Crippen LogP contribution in [0.1, 0.15) is 20.8 Å². The van der Waals surface area contributed by atoms with Gasteiger partial charge in [-0.05, 0) is 32.9 Å². The topological polar surface area (TPSA) is 81.5 Å². The lowest BCUT2D eigenvalue weighted by molar-refractivity contribution is -0.384. The van der Waals surface area contributed by atoms with Gasteiger partial charge in [0.25, 0.3) is 5.69 Å². The first-order valence-electron chi connectivity index (χ1n) is 5.59. The van der Waals surface area contributed by atoms with E-state index in [1.165, 1.54) is 6.07 Å². The number of carbonyl (C=O) groups is 1. The van der Waals surface area contributed by atoms with Gasteiger partial charge in [0.05, 0.1) is 11.0 Å². The number of anilines is 1. The fourth-order valence-corrected chi connectivity index (χ4v) is 1.35. The SMILES string of the molecule is CC(C)(C)OC(=O)CNc1ccc(F)cc1[N+](=O)[O-]. The Balaban J connectivity index is 2.73. The maximum Gasteiger partial charge on any atom is 0.325 e. The molecule has 0 aliphatic carbocycles. The van der Waals surface area contributed by atoms with Crippen LogP contribution in [-0.2, 0) is 9.53 Å². The molecule has 0 saturated carbocycles. The van der Waals surface area contributed by atoms with E-state index in [1.54, 1.807) is 20.8 Å². The quantitative estimate of drug-likeness (QED) is 0.516. The van der Waals surface area contributed by atoms with Crippen LogP contribution in [0.25, 0.3) is 0 Å². The summed E-state index contributed by atoms with van der Waals surface area (Å²) in [5.41, 5.74) is -0.992. The zero-order valence-electron chi connectivity index (χ0n) is 10.9. The summed E-state index contributed by atoms with van der Waals surface area (Å²) >= 11 is 0. The molecule has 0 spiro atoms. The second-order valence-corrected chi connectivity index (χ2v) is 4.86. The van der Waals surface area contributed by atoms with Gasteiger partial charge < -0.3 is 10.1 Å². The van der Waals surface area contributed by atoms with E-state index in [0.29, 0.717) is 0 Å². The van der Waals surface area contributed by atoms with Gasteiger partial charge in [0, 0.05) is 0 Å². The molecule has 0 saturated heterocycles. The van der Waals surface area contributed by atoms with Crippen molar-refractivity contribution < 1.29 is 18.8 Å². The zero-order valence-corrected chi connectivity index (χ0v) is 10.9. The van der Waals surface area contributed by atoms with Crippen LogP contribution in [0.3, 0.4) is 0 Å². The monoisotopic (exact) mass is 270 g/mol. The Morgan fingerprint density at radius 1 is 1.47 bits per heavy atom. The maximum absolute atomic E-state index is 12.9. The molecule has 0 unspecified atom stereocenters. The summed E-state index contributed by atoms with van der Waals surface area (Å²) in [4.78, 5) is 21.5. The number of rotatable bonds is 4. The summed E-state index contributed by atoms with van der Waals surface area (Å²) < 4.78 is 17.9. The van der Waals surface area contributed by atoms with Gasteiger partial charge in [-0.1, -0.05) is 0 Å². The first-order chi connectivity index (χ1) is 8.69.